The molecule has 9 nitrogen and oxygen atoms in total. The number of aryl methyl sites for hydroxylation is 2. The van der Waals surface area contributed by atoms with Gasteiger partial charge in [-0.25, -0.2) is 17.9 Å². The van der Waals surface area contributed by atoms with E-state index in [-0.39, 0.29) is 28.3 Å². The van der Waals surface area contributed by atoms with Crippen molar-refractivity contribution in [2.45, 2.75) is 56.9 Å². The zero-order valence-corrected chi connectivity index (χ0v) is 20.5. The molecule has 34 heavy (non-hydrogen) atoms. The van der Waals surface area contributed by atoms with E-state index in [4.69, 9.17) is 4.74 Å². The summed E-state index contributed by atoms with van der Waals surface area (Å²) < 4.78 is 35.7. The van der Waals surface area contributed by atoms with Crippen molar-refractivity contribution in [1.82, 2.24) is 24.2 Å². The first-order valence-corrected chi connectivity index (χ1v) is 13.1. The van der Waals surface area contributed by atoms with Gasteiger partial charge in [-0.15, -0.1) is 0 Å². The Kier molecular flexibility index (Phi) is 5.81. The van der Waals surface area contributed by atoms with Crippen molar-refractivity contribution >= 4 is 21.6 Å². The number of aromatic nitrogens is 3. The Hall–Kier alpha value is -2.98. The van der Waals surface area contributed by atoms with Gasteiger partial charge in [0, 0.05) is 30.5 Å². The molecule has 1 saturated heterocycles. The maximum atomic E-state index is 13.6. The van der Waals surface area contributed by atoms with E-state index in [1.165, 1.54) is 11.4 Å². The molecule has 0 spiro atoms. The summed E-state index contributed by atoms with van der Waals surface area (Å²) >= 11 is 0. The summed E-state index contributed by atoms with van der Waals surface area (Å²) in [7, 11) is -2.31. The molecule has 1 aromatic carbocycles. The summed E-state index contributed by atoms with van der Waals surface area (Å²) in [5, 5.41) is 7.59. The first-order chi connectivity index (χ1) is 16.3. The normalized spacial score (nSPS) is 17.1. The lowest BCUT2D eigenvalue weighted by Crippen LogP contribution is -2.35. The minimum Gasteiger partial charge on any atom is -0.495 e. The van der Waals surface area contributed by atoms with Crippen LogP contribution in [0, 0.1) is 13.8 Å². The lowest BCUT2D eigenvalue weighted by Gasteiger charge is -2.26. The summed E-state index contributed by atoms with van der Waals surface area (Å²) in [5.74, 6) is -0.00796. The number of amides is 1. The number of hydrogen-bond donors (Lipinski definition) is 1. The van der Waals surface area contributed by atoms with Crippen molar-refractivity contribution in [1.29, 1.82) is 0 Å². The number of benzene rings is 1. The van der Waals surface area contributed by atoms with Crippen molar-refractivity contribution in [3.63, 3.8) is 0 Å². The Balaban J connectivity index is 1.70. The fraction of sp³-hybridized carbons (Fsp3) is 0.458. The van der Waals surface area contributed by atoms with Gasteiger partial charge >= 0.3 is 0 Å². The Morgan fingerprint density at radius 1 is 1.12 bits per heavy atom. The van der Waals surface area contributed by atoms with E-state index in [0.717, 1.165) is 43.5 Å². The molecular weight excluding hydrogens is 454 g/mol. The van der Waals surface area contributed by atoms with Gasteiger partial charge in [-0.3, -0.25) is 4.79 Å². The van der Waals surface area contributed by atoms with Crippen LogP contribution in [0.5, 0.6) is 5.75 Å². The number of rotatable bonds is 6. The van der Waals surface area contributed by atoms with Gasteiger partial charge in [0.1, 0.15) is 10.6 Å². The summed E-state index contributed by atoms with van der Waals surface area (Å²) in [6, 6.07) is 7.05. The number of nitrogens with one attached hydrogen (secondary N) is 1. The molecule has 0 unspecified atom stereocenters. The van der Waals surface area contributed by atoms with Gasteiger partial charge in [-0.2, -0.15) is 9.40 Å². The number of carbonyl (C=O) groups is 1. The van der Waals surface area contributed by atoms with Crippen molar-refractivity contribution in [3.8, 4) is 16.9 Å². The van der Waals surface area contributed by atoms with Crippen LogP contribution in [0.2, 0.25) is 0 Å². The Morgan fingerprint density at radius 3 is 2.53 bits per heavy atom. The standard InChI is InChI=1S/C24H29N5O4S/c1-15-13-16(2)29-23(25-15)21(22(27-29)24(30)26-18-8-9-18)17-7-10-19(33-3)20(14-17)34(31,32)28-11-5-4-6-12-28/h7,10,13-14,18H,4-6,8-9,11-12H2,1-3H3,(H,26,30). The van der Waals surface area contributed by atoms with E-state index in [1.807, 2.05) is 19.9 Å². The van der Waals surface area contributed by atoms with Gasteiger partial charge in [0.2, 0.25) is 10.0 Å². The quantitative estimate of drug-likeness (QED) is 0.578. The Labute approximate surface area is 199 Å². The summed E-state index contributed by atoms with van der Waals surface area (Å²) in [5.41, 5.74) is 3.45. The monoisotopic (exact) mass is 483 g/mol. The smallest absolute Gasteiger partial charge is 0.272 e. The molecule has 1 aliphatic heterocycles. The van der Waals surface area contributed by atoms with E-state index in [0.29, 0.717) is 29.9 Å². The number of methoxy groups -OCH3 is 1. The minimum absolute atomic E-state index is 0.0895. The SMILES string of the molecule is COc1ccc(-c2c(C(=O)NC3CC3)nn3c(C)cc(C)nc23)cc1S(=O)(=O)N1CCCCC1. The van der Waals surface area contributed by atoms with Crippen molar-refractivity contribution in [3.05, 3.63) is 41.3 Å². The number of carbonyl (C=O) groups excluding carboxylic acids is 1. The van der Waals surface area contributed by atoms with Gasteiger partial charge in [0.25, 0.3) is 5.91 Å². The van der Waals surface area contributed by atoms with E-state index >= 15 is 0 Å². The molecule has 0 bridgehead atoms. The van der Waals surface area contributed by atoms with Gasteiger partial charge in [0.15, 0.2) is 11.3 Å². The predicted octanol–water partition coefficient (Wildman–Crippen LogP) is 3.09. The summed E-state index contributed by atoms with van der Waals surface area (Å²) in [4.78, 5) is 17.9. The molecule has 180 valence electrons. The van der Waals surface area contributed by atoms with Crippen molar-refractivity contribution in [2.24, 2.45) is 0 Å². The third-order valence-corrected chi connectivity index (χ3v) is 8.33. The highest BCUT2D eigenvalue weighted by Crippen LogP contribution is 2.36. The molecule has 3 aromatic rings. The summed E-state index contributed by atoms with van der Waals surface area (Å²) in [6.07, 6.45) is 4.60. The lowest BCUT2D eigenvalue weighted by molar-refractivity contribution is 0.0946. The molecule has 2 fully saturated rings. The highest BCUT2D eigenvalue weighted by Gasteiger charge is 2.32. The minimum atomic E-state index is -3.77. The van der Waals surface area contributed by atoms with Crippen LogP contribution in [0.4, 0.5) is 0 Å². The second kappa shape index (κ2) is 8.66. The molecular formula is C24H29N5O4S. The average molecular weight is 484 g/mol. The maximum absolute atomic E-state index is 13.6. The molecule has 2 aromatic heterocycles. The van der Waals surface area contributed by atoms with Gasteiger partial charge in [0.05, 0.1) is 12.7 Å². The van der Waals surface area contributed by atoms with Gasteiger partial charge in [-0.05, 0) is 63.3 Å². The Morgan fingerprint density at radius 2 is 1.85 bits per heavy atom. The van der Waals surface area contributed by atoms with E-state index in [2.05, 4.69) is 15.4 Å². The number of nitrogens with zero attached hydrogens (tertiary/aromatic N) is 4. The largest absolute Gasteiger partial charge is 0.495 e. The zero-order chi connectivity index (χ0) is 24.0. The maximum Gasteiger partial charge on any atom is 0.272 e. The van der Waals surface area contributed by atoms with Gasteiger partial charge < -0.3 is 10.1 Å². The molecule has 1 saturated carbocycles. The number of hydrogen-bond acceptors (Lipinski definition) is 6. The average Bonchev–Trinajstić information content (AvgIpc) is 3.56. The zero-order valence-electron chi connectivity index (χ0n) is 19.7. The molecule has 10 heteroatoms. The lowest BCUT2D eigenvalue weighted by atomic mass is 10.0. The van der Waals surface area contributed by atoms with Crippen LogP contribution in [-0.4, -0.2) is 59.5 Å². The van der Waals surface area contributed by atoms with Crippen LogP contribution in [0.15, 0.2) is 29.2 Å². The fourth-order valence-electron chi connectivity index (χ4n) is 4.51. The number of fused-ring (bicyclic) bond motifs is 1. The van der Waals surface area contributed by atoms with Crippen molar-refractivity contribution in [2.75, 3.05) is 20.2 Å². The van der Waals surface area contributed by atoms with E-state index < -0.39 is 10.0 Å². The first-order valence-electron chi connectivity index (χ1n) is 11.7. The van der Waals surface area contributed by atoms with Crippen LogP contribution in [0.25, 0.3) is 16.8 Å². The molecule has 3 heterocycles. The molecule has 5 rings (SSSR count). The highest BCUT2D eigenvalue weighted by atomic mass is 32.2. The second-order valence-electron chi connectivity index (χ2n) is 9.08. The highest BCUT2D eigenvalue weighted by molar-refractivity contribution is 7.89. The second-order valence-corrected chi connectivity index (χ2v) is 11.0. The van der Waals surface area contributed by atoms with Crippen LogP contribution in [0.3, 0.4) is 0 Å². The molecule has 1 amide bonds. The number of sulfonamides is 1. The van der Waals surface area contributed by atoms with E-state index in [1.54, 1.807) is 22.7 Å². The van der Waals surface area contributed by atoms with Gasteiger partial charge in [-0.1, -0.05) is 12.5 Å². The summed E-state index contributed by atoms with van der Waals surface area (Å²) in [6.45, 7) is 4.76. The molecule has 1 aliphatic carbocycles. The van der Waals surface area contributed by atoms with Crippen LogP contribution in [0.1, 0.15) is 54.0 Å². The third-order valence-electron chi connectivity index (χ3n) is 6.41. The topological polar surface area (TPSA) is 106 Å². The fourth-order valence-corrected chi connectivity index (χ4v) is 6.20. The Bertz CT molecular complexity index is 1370. The number of piperidine rings is 1. The molecule has 2 aliphatic rings. The molecule has 0 atom stereocenters. The van der Waals surface area contributed by atoms with Crippen LogP contribution in [-0.2, 0) is 10.0 Å². The third kappa shape index (κ3) is 4.05. The predicted molar refractivity (Wildman–Crippen MR) is 128 cm³/mol. The van der Waals surface area contributed by atoms with Crippen LogP contribution < -0.4 is 10.1 Å². The molecule has 1 N–H and O–H groups in total. The molecule has 0 radical (unpaired) electrons. The van der Waals surface area contributed by atoms with E-state index in [9.17, 15) is 13.2 Å². The first kappa shape index (κ1) is 22.8. The van der Waals surface area contributed by atoms with Crippen molar-refractivity contribution < 1.29 is 17.9 Å². The van der Waals surface area contributed by atoms with Crippen LogP contribution >= 0.6 is 0 Å². The number of ether oxygens (including phenoxy) is 1.